The van der Waals surface area contributed by atoms with Crippen molar-refractivity contribution >= 4 is 50.7 Å². The van der Waals surface area contributed by atoms with Crippen molar-refractivity contribution in [3.8, 4) is 0 Å². The first-order valence-electron chi connectivity index (χ1n) is 10.4. The third-order valence-electron chi connectivity index (χ3n) is 6.97. The van der Waals surface area contributed by atoms with Gasteiger partial charge in [-0.1, -0.05) is 36.4 Å². The molecule has 1 aliphatic heterocycles. The van der Waals surface area contributed by atoms with Crippen LogP contribution in [0.5, 0.6) is 0 Å². The maximum Gasteiger partial charge on any atom is 0.494 e. The molecule has 0 radical (unpaired) electrons. The molecular formula is C25H22BNO3. The molecule has 2 aromatic heterocycles. The molecule has 0 unspecified atom stereocenters. The lowest BCUT2D eigenvalue weighted by Gasteiger charge is -2.32. The first kappa shape index (κ1) is 17.9. The molecule has 1 aliphatic rings. The monoisotopic (exact) mass is 395 g/mol. The van der Waals surface area contributed by atoms with E-state index in [-0.39, 0.29) is 5.43 Å². The largest absolute Gasteiger partial charge is 0.494 e. The first-order chi connectivity index (χ1) is 14.3. The minimum absolute atomic E-state index is 0.0456. The number of hydrogen-bond donors (Lipinski definition) is 0. The molecule has 4 nitrogen and oxygen atoms in total. The highest BCUT2D eigenvalue weighted by atomic mass is 16.7. The number of pyridine rings is 1. The van der Waals surface area contributed by atoms with Crippen molar-refractivity contribution < 1.29 is 9.31 Å². The van der Waals surface area contributed by atoms with Gasteiger partial charge in [-0.15, -0.1) is 0 Å². The van der Waals surface area contributed by atoms with Gasteiger partial charge in [0.2, 0.25) is 0 Å². The molecule has 5 aromatic rings. The molecule has 1 fully saturated rings. The molecule has 3 heterocycles. The highest BCUT2D eigenvalue weighted by molar-refractivity contribution is 6.62. The Kier molecular flexibility index (Phi) is 3.36. The van der Waals surface area contributed by atoms with Crippen LogP contribution in [0.1, 0.15) is 27.7 Å². The van der Waals surface area contributed by atoms with Crippen molar-refractivity contribution in [2.75, 3.05) is 0 Å². The number of hydrogen-bond acceptors (Lipinski definition) is 3. The molecule has 6 rings (SSSR count). The van der Waals surface area contributed by atoms with Gasteiger partial charge in [0, 0.05) is 21.5 Å². The summed E-state index contributed by atoms with van der Waals surface area (Å²) in [6.45, 7) is 8.15. The van der Waals surface area contributed by atoms with Crippen molar-refractivity contribution in [3.63, 3.8) is 0 Å². The van der Waals surface area contributed by atoms with Crippen LogP contribution in [0.2, 0.25) is 0 Å². The molecule has 0 bridgehead atoms. The Morgan fingerprint density at radius 1 is 0.733 bits per heavy atom. The standard InChI is InChI=1S/C25H22BNO3/c1-24(2)25(3,4)30-26(29-24)15-12-13-21-19(14-15)23(28)18-10-7-9-17-16-8-5-6-11-20(16)27(21)22(17)18/h5-14H,1-4H3. The van der Waals surface area contributed by atoms with Gasteiger partial charge < -0.3 is 13.7 Å². The number of fused-ring (bicyclic) bond motifs is 5. The Labute approximate surface area is 174 Å². The molecule has 1 saturated heterocycles. The van der Waals surface area contributed by atoms with Crippen LogP contribution in [0.4, 0.5) is 0 Å². The molecule has 0 aliphatic carbocycles. The molecule has 0 amide bonds. The van der Waals surface area contributed by atoms with Crippen LogP contribution in [0.15, 0.2) is 65.5 Å². The third-order valence-corrected chi connectivity index (χ3v) is 6.97. The second kappa shape index (κ2) is 5.62. The topological polar surface area (TPSA) is 39.9 Å². The van der Waals surface area contributed by atoms with E-state index in [1.54, 1.807) is 0 Å². The smallest absolute Gasteiger partial charge is 0.399 e. The minimum atomic E-state index is -0.494. The van der Waals surface area contributed by atoms with E-state index >= 15 is 0 Å². The minimum Gasteiger partial charge on any atom is -0.399 e. The Hall–Kier alpha value is -2.89. The predicted octanol–water partition coefficient (Wildman–Crippen LogP) is 4.50. The fraction of sp³-hybridized carbons (Fsp3) is 0.240. The SMILES string of the molecule is CC1(C)OB(c2ccc3c(c2)c(=O)c2cccc4c5ccccc5n3c24)OC1(C)C. The lowest BCUT2D eigenvalue weighted by Crippen LogP contribution is -2.41. The van der Waals surface area contributed by atoms with Crippen LogP contribution in [-0.4, -0.2) is 22.7 Å². The van der Waals surface area contributed by atoms with Gasteiger partial charge >= 0.3 is 7.12 Å². The number of rotatable bonds is 1. The molecule has 0 atom stereocenters. The number of nitrogens with zero attached hydrogens (tertiary/aromatic N) is 1. The Balaban J connectivity index is 1.69. The predicted molar refractivity (Wildman–Crippen MR) is 123 cm³/mol. The zero-order valence-corrected chi connectivity index (χ0v) is 17.5. The summed E-state index contributed by atoms with van der Waals surface area (Å²) in [5.41, 5.74) is 3.07. The van der Waals surface area contributed by atoms with Gasteiger partial charge in [0.15, 0.2) is 5.43 Å². The second-order valence-corrected chi connectivity index (χ2v) is 9.25. The van der Waals surface area contributed by atoms with Gasteiger partial charge in [-0.25, -0.2) is 0 Å². The van der Waals surface area contributed by atoms with Crippen molar-refractivity contribution in [2.24, 2.45) is 0 Å². The van der Waals surface area contributed by atoms with Gasteiger partial charge in [0.25, 0.3) is 0 Å². The molecule has 0 spiro atoms. The van der Waals surface area contributed by atoms with E-state index in [2.05, 4.69) is 22.6 Å². The zero-order valence-electron chi connectivity index (χ0n) is 17.5. The Morgan fingerprint density at radius 2 is 1.37 bits per heavy atom. The molecule has 148 valence electrons. The number of benzene rings is 3. The summed E-state index contributed by atoms with van der Waals surface area (Å²) in [6, 6.07) is 20.3. The summed E-state index contributed by atoms with van der Waals surface area (Å²) in [5.74, 6) is 0. The van der Waals surface area contributed by atoms with Crippen LogP contribution >= 0.6 is 0 Å². The Bertz CT molecular complexity index is 1520. The average molecular weight is 395 g/mol. The van der Waals surface area contributed by atoms with E-state index < -0.39 is 18.3 Å². The fourth-order valence-corrected chi connectivity index (χ4v) is 4.65. The van der Waals surface area contributed by atoms with E-state index in [0.29, 0.717) is 5.39 Å². The lowest BCUT2D eigenvalue weighted by molar-refractivity contribution is 0.00578. The van der Waals surface area contributed by atoms with Crippen LogP contribution < -0.4 is 10.9 Å². The van der Waals surface area contributed by atoms with Crippen LogP contribution in [0, 0.1) is 0 Å². The third kappa shape index (κ3) is 2.17. The lowest BCUT2D eigenvalue weighted by atomic mass is 9.78. The molecule has 3 aromatic carbocycles. The van der Waals surface area contributed by atoms with Crippen molar-refractivity contribution in [1.82, 2.24) is 4.40 Å². The summed E-state index contributed by atoms with van der Waals surface area (Å²) < 4.78 is 14.6. The molecule has 5 heteroatoms. The fourth-order valence-electron chi connectivity index (χ4n) is 4.65. The summed E-state index contributed by atoms with van der Waals surface area (Å²) in [5, 5.41) is 3.69. The Morgan fingerprint density at radius 3 is 2.13 bits per heavy atom. The van der Waals surface area contributed by atoms with Crippen molar-refractivity contribution in [1.29, 1.82) is 0 Å². The van der Waals surface area contributed by atoms with Gasteiger partial charge in [0.1, 0.15) is 0 Å². The maximum absolute atomic E-state index is 13.5. The van der Waals surface area contributed by atoms with Crippen molar-refractivity contribution in [3.05, 3.63) is 70.9 Å². The van der Waals surface area contributed by atoms with Gasteiger partial charge in [-0.2, -0.15) is 0 Å². The van der Waals surface area contributed by atoms with Crippen LogP contribution in [0.25, 0.3) is 38.1 Å². The van der Waals surface area contributed by atoms with Crippen molar-refractivity contribution in [2.45, 2.75) is 38.9 Å². The van der Waals surface area contributed by atoms with Gasteiger partial charge in [-0.05, 0) is 57.4 Å². The summed E-state index contributed by atoms with van der Waals surface area (Å²) >= 11 is 0. The quantitative estimate of drug-likeness (QED) is 0.310. The molecule has 0 saturated carbocycles. The van der Waals surface area contributed by atoms with Gasteiger partial charge in [0.05, 0.1) is 27.8 Å². The second-order valence-electron chi connectivity index (χ2n) is 9.25. The van der Waals surface area contributed by atoms with E-state index in [1.165, 1.54) is 0 Å². The number of aromatic nitrogens is 1. The van der Waals surface area contributed by atoms with E-state index in [9.17, 15) is 4.79 Å². The van der Waals surface area contributed by atoms with Crippen LogP contribution in [-0.2, 0) is 9.31 Å². The van der Waals surface area contributed by atoms with E-state index in [1.807, 2.05) is 70.2 Å². The molecular weight excluding hydrogens is 373 g/mol. The van der Waals surface area contributed by atoms with Gasteiger partial charge in [-0.3, -0.25) is 4.79 Å². The van der Waals surface area contributed by atoms with Crippen LogP contribution in [0.3, 0.4) is 0 Å². The zero-order chi connectivity index (χ0) is 20.8. The summed E-state index contributed by atoms with van der Waals surface area (Å²) in [6.07, 6.45) is 0. The highest BCUT2D eigenvalue weighted by Gasteiger charge is 2.51. The maximum atomic E-state index is 13.5. The number of para-hydroxylation sites is 2. The normalized spacial score (nSPS) is 18.3. The summed E-state index contributed by atoms with van der Waals surface area (Å²) in [7, 11) is -0.494. The van der Waals surface area contributed by atoms with E-state index in [4.69, 9.17) is 9.31 Å². The molecule has 0 N–H and O–H groups in total. The highest BCUT2D eigenvalue weighted by Crippen LogP contribution is 2.37. The summed E-state index contributed by atoms with van der Waals surface area (Å²) in [4.78, 5) is 13.5. The first-order valence-corrected chi connectivity index (χ1v) is 10.4. The molecule has 30 heavy (non-hydrogen) atoms. The van der Waals surface area contributed by atoms with E-state index in [0.717, 1.165) is 38.2 Å². The average Bonchev–Trinajstić information content (AvgIpc) is 3.17.